The summed E-state index contributed by atoms with van der Waals surface area (Å²) in [4.78, 5) is 11.6. The third-order valence-corrected chi connectivity index (χ3v) is 4.84. The number of halogens is 6. The zero-order valence-electron chi connectivity index (χ0n) is 19.8. The smallest absolute Gasteiger partial charge is 0.377 e. The van der Waals surface area contributed by atoms with Gasteiger partial charge >= 0.3 is 12.4 Å². The van der Waals surface area contributed by atoms with Crippen LogP contribution in [0.3, 0.4) is 0 Å². The van der Waals surface area contributed by atoms with Gasteiger partial charge in [-0.25, -0.2) is 0 Å². The maximum Gasteiger partial charge on any atom is 0.416 e. The van der Waals surface area contributed by atoms with Crippen LogP contribution in [0.25, 0.3) is 0 Å². The third kappa shape index (κ3) is 12.8. The van der Waals surface area contributed by atoms with Crippen LogP contribution in [0, 0.1) is 5.92 Å². The molecule has 0 heterocycles. The molecule has 1 rings (SSSR count). The largest absolute Gasteiger partial charge is 0.416 e. The molecule has 0 saturated carbocycles. The highest BCUT2D eigenvalue weighted by molar-refractivity contribution is 5.87. The van der Waals surface area contributed by atoms with Gasteiger partial charge in [-0.2, -0.15) is 26.3 Å². The number of hydrogen-bond acceptors (Lipinski definition) is 2. The predicted molar refractivity (Wildman–Crippen MR) is 120 cm³/mol. The molecule has 0 aliphatic carbocycles. The minimum atomic E-state index is -4.86. The van der Waals surface area contributed by atoms with Gasteiger partial charge in [-0.3, -0.25) is 4.79 Å². The number of hydrogen-bond donors (Lipinski definition) is 1. The Morgan fingerprint density at radius 3 is 2.12 bits per heavy atom. The monoisotopic (exact) mass is 493 g/mol. The molecule has 192 valence electrons. The zero-order valence-corrected chi connectivity index (χ0v) is 19.8. The normalized spacial score (nSPS) is 13.2. The van der Waals surface area contributed by atoms with E-state index in [-0.39, 0.29) is 30.8 Å². The van der Waals surface area contributed by atoms with Crippen molar-refractivity contribution in [3.8, 4) is 0 Å². The standard InChI is InChI=1S/C25H33F6NO2/c1-18(2)16-32-23(33)11-8-10-19(3)9-6-4-5-7-12-34-17-20-13-21(24(26,27)28)15-22(14-20)25(29,30)31/h8,10-11,13-15,18H,4-7,9,12,16-17H2,1-3H3,(H,32,33)/b11-8+,19-10+. The van der Waals surface area contributed by atoms with Crippen LogP contribution >= 0.6 is 0 Å². The van der Waals surface area contributed by atoms with Crippen LogP contribution in [0.1, 0.15) is 69.6 Å². The first-order valence-corrected chi connectivity index (χ1v) is 11.3. The van der Waals surface area contributed by atoms with E-state index in [4.69, 9.17) is 4.74 Å². The SMILES string of the molecule is C/C(=C\C=C\C(=O)NCC(C)C)CCCCCCOCc1cc(C(F)(F)F)cc(C(F)(F)F)c1. The first-order valence-electron chi connectivity index (χ1n) is 11.3. The van der Waals surface area contributed by atoms with Gasteiger partial charge in [-0.05, 0) is 55.9 Å². The van der Waals surface area contributed by atoms with Gasteiger partial charge in [0.15, 0.2) is 0 Å². The molecule has 0 fully saturated rings. The van der Waals surface area contributed by atoms with Gasteiger partial charge in [0.2, 0.25) is 5.91 Å². The number of allylic oxidation sites excluding steroid dienone is 3. The van der Waals surface area contributed by atoms with E-state index in [1.165, 1.54) is 6.08 Å². The number of amides is 1. The molecule has 1 N–H and O–H groups in total. The fourth-order valence-corrected chi connectivity index (χ4v) is 3.00. The van der Waals surface area contributed by atoms with Gasteiger partial charge in [0.25, 0.3) is 0 Å². The molecule has 1 aromatic rings. The summed E-state index contributed by atoms with van der Waals surface area (Å²) in [5, 5.41) is 2.79. The molecule has 9 heteroatoms. The Kier molecular flexibility index (Phi) is 12.4. The number of rotatable bonds is 13. The molecule has 0 bridgehead atoms. The van der Waals surface area contributed by atoms with Crippen molar-refractivity contribution < 1.29 is 35.9 Å². The molecule has 0 spiro atoms. The second-order valence-electron chi connectivity index (χ2n) is 8.64. The number of unbranched alkanes of at least 4 members (excludes halogenated alkanes) is 3. The van der Waals surface area contributed by atoms with Gasteiger partial charge in [-0.1, -0.05) is 44.4 Å². The summed E-state index contributed by atoms with van der Waals surface area (Å²) in [6.45, 7) is 6.58. The van der Waals surface area contributed by atoms with Crippen LogP contribution in [0.15, 0.2) is 42.0 Å². The summed E-state index contributed by atoms with van der Waals surface area (Å²) >= 11 is 0. The zero-order chi connectivity index (χ0) is 25.8. The van der Waals surface area contributed by atoms with E-state index in [1.54, 1.807) is 6.08 Å². The van der Waals surface area contributed by atoms with Gasteiger partial charge in [0, 0.05) is 19.2 Å². The maximum atomic E-state index is 12.9. The molecule has 3 nitrogen and oxygen atoms in total. The van der Waals surface area contributed by atoms with E-state index in [0.717, 1.165) is 31.3 Å². The lowest BCUT2D eigenvalue weighted by atomic mass is 10.1. The Labute approximate surface area is 197 Å². The molecule has 0 aliphatic heterocycles. The summed E-state index contributed by atoms with van der Waals surface area (Å²) < 4.78 is 82.6. The Hall–Kier alpha value is -2.29. The third-order valence-electron chi connectivity index (χ3n) is 4.84. The van der Waals surface area contributed by atoms with Crippen LogP contribution in [-0.4, -0.2) is 19.1 Å². The molecule has 0 atom stereocenters. The Bertz CT molecular complexity index is 793. The molecule has 0 aromatic heterocycles. The number of carbonyl (C=O) groups excluding carboxylic acids is 1. The van der Waals surface area contributed by atoms with Crippen molar-refractivity contribution in [2.24, 2.45) is 5.92 Å². The first-order chi connectivity index (χ1) is 15.8. The van der Waals surface area contributed by atoms with E-state index in [1.807, 2.05) is 26.8 Å². The summed E-state index contributed by atoms with van der Waals surface area (Å²) in [6, 6.07) is 1.48. The van der Waals surface area contributed by atoms with E-state index in [9.17, 15) is 31.1 Å². The highest BCUT2D eigenvalue weighted by Crippen LogP contribution is 2.36. The minimum absolute atomic E-state index is 0.108. The second-order valence-corrected chi connectivity index (χ2v) is 8.64. The van der Waals surface area contributed by atoms with E-state index >= 15 is 0 Å². The van der Waals surface area contributed by atoms with Gasteiger partial charge in [0.1, 0.15) is 0 Å². The van der Waals surface area contributed by atoms with Crippen molar-refractivity contribution in [2.75, 3.05) is 13.2 Å². The molecular weight excluding hydrogens is 460 g/mol. The number of ether oxygens (including phenoxy) is 1. The predicted octanol–water partition coefficient (Wildman–Crippen LogP) is 7.47. The summed E-state index contributed by atoms with van der Waals surface area (Å²) in [5.74, 6) is 0.264. The van der Waals surface area contributed by atoms with Crippen molar-refractivity contribution in [1.82, 2.24) is 5.32 Å². The molecule has 0 aliphatic rings. The van der Waals surface area contributed by atoms with Crippen molar-refractivity contribution in [2.45, 2.75) is 71.8 Å². The van der Waals surface area contributed by atoms with Crippen molar-refractivity contribution in [3.63, 3.8) is 0 Å². The molecule has 1 aromatic carbocycles. The number of carbonyl (C=O) groups is 1. The first kappa shape index (κ1) is 29.7. The van der Waals surface area contributed by atoms with E-state index in [0.29, 0.717) is 31.0 Å². The van der Waals surface area contributed by atoms with Crippen LogP contribution < -0.4 is 5.32 Å². The quantitative estimate of drug-likeness (QED) is 0.134. The van der Waals surface area contributed by atoms with Gasteiger partial charge in [-0.15, -0.1) is 0 Å². The fourth-order valence-electron chi connectivity index (χ4n) is 3.00. The summed E-state index contributed by atoms with van der Waals surface area (Å²) in [6.07, 6.45) is -0.432. The van der Waals surface area contributed by atoms with Crippen LogP contribution in [0.2, 0.25) is 0 Å². The molecular formula is C25H33F6NO2. The molecule has 0 radical (unpaired) electrons. The van der Waals surface area contributed by atoms with Crippen LogP contribution in [0.5, 0.6) is 0 Å². The minimum Gasteiger partial charge on any atom is -0.377 e. The van der Waals surface area contributed by atoms with E-state index in [2.05, 4.69) is 5.32 Å². The molecule has 34 heavy (non-hydrogen) atoms. The highest BCUT2D eigenvalue weighted by atomic mass is 19.4. The van der Waals surface area contributed by atoms with Crippen molar-refractivity contribution in [3.05, 3.63) is 58.7 Å². The number of alkyl halides is 6. The fraction of sp³-hybridized carbons (Fsp3) is 0.560. The average molecular weight is 494 g/mol. The lowest BCUT2D eigenvalue weighted by Crippen LogP contribution is -2.25. The van der Waals surface area contributed by atoms with Crippen LogP contribution in [0.4, 0.5) is 26.3 Å². The summed E-state index contributed by atoms with van der Waals surface area (Å²) in [5.41, 5.74) is -1.70. The van der Waals surface area contributed by atoms with Gasteiger partial charge < -0.3 is 10.1 Å². The number of nitrogens with one attached hydrogen (secondary N) is 1. The topological polar surface area (TPSA) is 38.3 Å². The lowest BCUT2D eigenvalue weighted by molar-refractivity contribution is -0.143. The molecule has 1 amide bonds. The lowest BCUT2D eigenvalue weighted by Gasteiger charge is -2.14. The Morgan fingerprint density at radius 2 is 1.56 bits per heavy atom. The van der Waals surface area contributed by atoms with Crippen LogP contribution in [-0.2, 0) is 28.5 Å². The van der Waals surface area contributed by atoms with Crippen molar-refractivity contribution >= 4 is 5.91 Å². The van der Waals surface area contributed by atoms with Gasteiger partial charge in [0.05, 0.1) is 17.7 Å². The summed E-state index contributed by atoms with van der Waals surface area (Å²) in [7, 11) is 0. The average Bonchev–Trinajstić information content (AvgIpc) is 2.72. The van der Waals surface area contributed by atoms with E-state index < -0.39 is 23.5 Å². The second kappa shape index (κ2) is 14.2. The Morgan fingerprint density at radius 1 is 0.971 bits per heavy atom. The molecule has 0 unspecified atom stereocenters. The molecule has 0 saturated heterocycles. The number of benzene rings is 1. The maximum absolute atomic E-state index is 12.9. The van der Waals surface area contributed by atoms with Crippen molar-refractivity contribution in [1.29, 1.82) is 0 Å². The highest BCUT2D eigenvalue weighted by Gasteiger charge is 2.36. The Balaban J connectivity index is 2.31.